The van der Waals surface area contributed by atoms with Crippen molar-refractivity contribution >= 4 is 21.9 Å². The van der Waals surface area contributed by atoms with Gasteiger partial charge in [0.1, 0.15) is 6.61 Å². The number of halogens is 4. The molecule has 0 heterocycles. The van der Waals surface area contributed by atoms with Gasteiger partial charge in [-0.15, -0.1) is 0 Å². The lowest BCUT2D eigenvalue weighted by Gasteiger charge is -2.11. The van der Waals surface area contributed by atoms with E-state index in [1.807, 2.05) is 6.07 Å². The van der Waals surface area contributed by atoms with Gasteiger partial charge in [0.05, 0.1) is 11.1 Å². The van der Waals surface area contributed by atoms with Gasteiger partial charge < -0.3 is 4.74 Å². The second-order valence-electron chi connectivity index (χ2n) is 4.25. The molecule has 0 spiro atoms. The molecule has 0 atom stereocenters. The van der Waals surface area contributed by atoms with Gasteiger partial charge in [-0.3, -0.25) is 0 Å². The topological polar surface area (TPSA) is 26.3 Å². The Morgan fingerprint density at radius 2 is 1.76 bits per heavy atom. The minimum atomic E-state index is -4.53. The highest BCUT2D eigenvalue weighted by molar-refractivity contribution is 9.10. The summed E-state index contributed by atoms with van der Waals surface area (Å²) in [6, 6.07) is 12.1. The molecule has 2 aromatic carbocycles. The van der Waals surface area contributed by atoms with Crippen molar-refractivity contribution in [2.75, 3.05) is 0 Å². The van der Waals surface area contributed by atoms with Crippen molar-refractivity contribution in [1.29, 1.82) is 0 Å². The van der Waals surface area contributed by atoms with Gasteiger partial charge in [0, 0.05) is 4.47 Å². The maximum Gasteiger partial charge on any atom is 0.417 e. The standard InChI is InChI=1S/C15H10BrF3O2/c16-13-7-6-11(8-12(13)15(17,18)19)14(20)21-9-10-4-2-1-3-5-10/h1-8H,9H2. The van der Waals surface area contributed by atoms with Gasteiger partial charge in [0.2, 0.25) is 0 Å². The van der Waals surface area contributed by atoms with Crippen LogP contribution in [0.4, 0.5) is 13.2 Å². The number of hydrogen-bond donors (Lipinski definition) is 0. The lowest BCUT2D eigenvalue weighted by molar-refractivity contribution is -0.138. The normalized spacial score (nSPS) is 11.2. The van der Waals surface area contributed by atoms with Crippen molar-refractivity contribution in [2.24, 2.45) is 0 Å². The number of alkyl halides is 3. The molecule has 0 amide bonds. The summed E-state index contributed by atoms with van der Waals surface area (Å²) in [5, 5.41) is 0. The number of ether oxygens (including phenoxy) is 1. The second kappa shape index (κ2) is 6.30. The number of carbonyl (C=O) groups is 1. The zero-order valence-electron chi connectivity index (χ0n) is 10.7. The SMILES string of the molecule is O=C(OCc1ccccc1)c1ccc(Br)c(C(F)(F)F)c1. The fourth-order valence-electron chi connectivity index (χ4n) is 1.68. The average Bonchev–Trinajstić information content (AvgIpc) is 2.45. The molecule has 0 aliphatic heterocycles. The highest BCUT2D eigenvalue weighted by Crippen LogP contribution is 2.35. The van der Waals surface area contributed by atoms with Crippen molar-refractivity contribution in [2.45, 2.75) is 12.8 Å². The second-order valence-corrected chi connectivity index (χ2v) is 5.11. The Balaban J connectivity index is 2.13. The number of rotatable bonds is 3. The molecule has 0 unspecified atom stereocenters. The summed E-state index contributed by atoms with van der Waals surface area (Å²) in [6.45, 7) is 0.0110. The predicted octanol–water partition coefficient (Wildman–Crippen LogP) is 4.82. The molecular weight excluding hydrogens is 349 g/mol. The first-order valence-corrected chi connectivity index (χ1v) is 6.75. The van der Waals surface area contributed by atoms with Gasteiger partial charge in [-0.1, -0.05) is 46.3 Å². The first-order chi connectivity index (χ1) is 9.88. The minimum Gasteiger partial charge on any atom is -0.457 e. The molecule has 2 rings (SSSR count). The van der Waals surface area contributed by atoms with E-state index in [4.69, 9.17) is 4.74 Å². The van der Waals surface area contributed by atoms with E-state index in [1.54, 1.807) is 24.3 Å². The van der Waals surface area contributed by atoms with Gasteiger partial charge in [0.15, 0.2) is 0 Å². The number of benzene rings is 2. The Kier molecular flexibility index (Phi) is 4.67. The molecule has 21 heavy (non-hydrogen) atoms. The Bertz CT molecular complexity index is 639. The molecule has 0 saturated heterocycles. The van der Waals surface area contributed by atoms with Crippen molar-refractivity contribution < 1.29 is 22.7 Å². The van der Waals surface area contributed by atoms with Crippen molar-refractivity contribution in [3.63, 3.8) is 0 Å². The highest BCUT2D eigenvalue weighted by atomic mass is 79.9. The molecule has 0 aliphatic carbocycles. The Labute approximate surface area is 127 Å². The Morgan fingerprint density at radius 1 is 1.10 bits per heavy atom. The first kappa shape index (κ1) is 15.6. The summed E-state index contributed by atoms with van der Waals surface area (Å²) < 4.78 is 43.2. The van der Waals surface area contributed by atoms with E-state index in [2.05, 4.69) is 15.9 Å². The first-order valence-electron chi connectivity index (χ1n) is 5.96. The van der Waals surface area contributed by atoms with E-state index >= 15 is 0 Å². The third-order valence-electron chi connectivity index (χ3n) is 2.72. The van der Waals surface area contributed by atoms with Crippen LogP contribution in [0.3, 0.4) is 0 Å². The molecular formula is C15H10BrF3O2. The summed E-state index contributed by atoms with van der Waals surface area (Å²) in [5.74, 6) is -0.795. The average molecular weight is 359 g/mol. The van der Waals surface area contributed by atoms with Crippen LogP contribution >= 0.6 is 15.9 Å². The molecule has 0 aliphatic rings. The largest absolute Gasteiger partial charge is 0.457 e. The third kappa shape index (κ3) is 4.07. The molecule has 0 aromatic heterocycles. The van der Waals surface area contributed by atoms with Crippen molar-refractivity contribution in [3.05, 3.63) is 69.7 Å². The summed E-state index contributed by atoms with van der Waals surface area (Å²) in [7, 11) is 0. The zero-order chi connectivity index (χ0) is 15.5. The van der Waals surface area contributed by atoms with Crippen LogP contribution in [0.5, 0.6) is 0 Å². The molecule has 0 N–H and O–H groups in total. The summed E-state index contributed by atoms with van der Waals surface area (Å²) in [5.41, 5.74) is -0.280. The van der Waals surface area contributed by atoms with E-state index in [9.17, 15) is 18.0 Å². The summed E-state index contributed by atoms with van der Waals surface area (Å²) in [6.07, 6.45) is -4.53. The summed E-state index contributed by atoms with van der Waals surface area (Å²) in [4.78, 5) is 11.8. The smallest absolute Gasteiger partial charge is 0.417 e. The molecule has 0 bridgehead atoms. The third-order valence-corrected chi connectivity index (χ3v) is 3.41. The molecule has 6 heteroatoms. The fourth-order valence-corrected chi connectivity index (χ4v) is 2.15. The monoisotopic (exact) mass is 358 g/mol. The number of esters is 1. The molecule has 110 valence electrons. The number of carbonyl (C=O) groups excluding carboxylic acids is 1. The lowest BCUT2D eigenvalue weighted by atomic mass is 10.1. The van der Waals surface area contributed by atoms with E-state index in [1.165, 1.54) is 12.1 Å². The van der Waals surface area contributed by atoms with Crippen LogP contribution in [0.25, 0.3) is 0 Å². The molecule has 0 radical (unpaired) electrons. The Morgan fingerprint density at radius 3 is 2.38 bits per heavy atom. The van der Waals surface area contributed by atoms with Gasteiger partial charge in [-0.25, -0.2) is 4.79 Å². The van der Waals surface area contributed by atoms with Crippen LogP contribution in [0, 0.1) is 0 Å². The van der Waals surface area contributed by atoms with Gasteiger partial charge in [-0.2, -0.15) is 13.2 Å². The van der Waals surface area contributed by atoms with Gasteiger partial charge in [0.25, 0.3) is 0 Å². The van der Waals surface area contributed by atoms with Crippen molar-refractivity contribution in [1.82, 2.24) is 0 Å². The maximum absolute atomic E-state index is 12.8. The van der Waals surface area contributed by atoms with Crippen LogP contribution in [-0.4, -0.2) is 5.97 Å². The zero-order valence-corrected chi connectivity index (χ0v) is 12.2. The molecule has 0 saturated carbocycles. The highest BCUT2D eigenvalue weighted by Gasteiger charge is 2.33. The Hall–Kier alpha value is -1.82. The van der Waals surface area contributed by atoms with E-state index in [-0.39, 0.29) is 16.6 Å². The van der Waals surface area contributed by atoms with Crippen LogP contribution in [0.15, 0.2) is 53.0 Å². The number of hydrogen-bond acceptors (Lipinski definition) is 2. The van der Waals surface area contributed by atoms with Crippen molar-refractivity contribution in [3.8, 4) is 0 Å². The van der Waals surface area contributed by atoms with Crippen LogP contribution < -0.4 is 0 Å². The minimum absolute atomic E-state index is 0.0110. The van der Waals surface area contributed by atoms with Gasteiger partial charge in [-0.05, 0) is 23.8 Å². The summed E-state index contributed by atoms with van der Waals surface area (Å²) >= 11 is 2.82. The van der Waals surface area contributed by atoms with Crippen LogP contribution in [0.2, 0.25) is 0 Å². The quantitative estimate of drug-likeness (QED) is 0.735. The van der Waals surface area contributed by atoms with E-state index in [0.29, 0.717) is 0 Å². The molecule has 2 aromatic rings. The van der Waals surface area contributed by atoms with E-state index < -0.39 is 17.7 Å². The fraction of sp³-hybridized carbons (Fsp3) is 0.133. The van der Waals surface area contributed by atoms with Gasteiger partial charge >= 0.3 is 12.1 Å². The predicted molar refractivity (Wildman–Crippen MR) is 74.7 cm³/mol. The van der Waals surface area contributed by atoms with Crippen LogP contribution in [-0.2, 0) is 17.5 Å². The lowest BCUT2D eigenvalue weighted by Crippen LogP contribution is -2.10. The molecule has 0 fully saturated rings. The van der Waals surface area contributed by atoms with Crippen LogP contribution in [0.1, 0.15) is 21.5 Å². The maximum atomic E-state index is 12.8. The van der Waals surface area contributed by atoms with E-state index in [0.717, 1.165) is 11.6 Å². The molecule has 2 nitrogen and oxygen atoms in total.